The fourth-order valence-electron chi connectivity index (χ4n) is 3.14. The SMILES string of the molecule is Cc1cccc2c(=O)n(CC(=O)Nc3cc(C(F)(F)F)ccc3-n3cncn3)cnc12. The number of nitrogens with zero attached hydrogens (tertiary/aromatic N) is 5. The van der Waals surface area contributed by atoms with Crippen LogP contribution < -0.4 is 10.9 Å². The lowest BCUT2D eigenvalue weighted by molar-refractivity contribution is -0.137. The van der Waals surface area contributed by atoms with E-state index in [0.29, 0.717) is 10.9 Å². The number of anilines is 1. The zero-order chi connectivity index (χ0) is 22.2. The van der Waals surface area contributed by atoms with Crippen LogP contribution in [0, 0.1) is 6.92 Å². The van der Waals surface area contributed by atoms with Crippen molar-refractivity contribution in [2.75, 3.05) is 5.32 Å². The molecule has 31 heavy (non-hydrogen) atoms. The van der Waals surface area contributed by atoms with Gasteiger partial charge in [-0.2, -0.15) is 18.3 Å². The normalized spacial score (nSPS) is 11.6. The van der Waals surface area contributed by atoms with E-state index in [1.165, 1.54) is 29.7 Å². The molecular weight excluding hydrogens is 413 g/mol. The minimum absolute atomic E-state index is 0.122. The Morgan fingerprint density at radius 2 is 1.97 bits per heavy atom. The second-order valence-corrected chi connectivity index (χ2v) is 6.77. The third-order valence-corrected chi connectivity index (χ3v) is 4.63. The van der Waals surface area contributed by atoms with Gasteiger partial charge in [0.1, 0.15) is 19.2 Å². The number of hydrogen-bond acceptors (Lipinski definition) is 5. The molecule has 0 atom stereocenters. The highest BCUT2D eigenvalue weighted by molar-refractivity contribution is 5.93. The molecule has 1 N–H and O–H groups in total. The van der Waals surface area contributed by atoms with E-state index in [2.05, 4.69) is 20.4 Å². The number of benzene rings is 2. The molecule has 0 aliphatic rings. The van der Waals surface area contributed by atoms with Crippen LogP contribution in [0.3, 0.4) is 0 Å². The van der Waals surface area contributed by atoms with Crippen molar-refractivity contribution in [3.63, 3.8) is 0 Å². The molecule has 0 spiro atoms. The molecule has 2 aromatic heterocycles. The first-order valence-corrected chi connectivity index (χ1v) is 9.05. The molecule has 0 bridgehead atoms. The molecule has 0 saturated carbocycles. The summed E-state index contributed by atoms with van der Waals surface area (Å²) >= 11 is 0. The average Bonchev–Trinajstić information content (AvgIpc) is 3.24. The molecule has 158 valence electrons. The van der Waals surface area contributed by atoms with Crippen LogP contribution in [-0.4, -0.2) is 30.2 Å². The predicted octanol–water partition coefficient (Wildman–Crippen LogP) is 2.94. The Balaban J connectivity index is 1.66. The third-order valence-electron chi connectivity index (χ3n) is 4.63. The molecule has 11 heteroatoms. The maximum atomic E-state index is 13.2. The van der Waals surface area contributed by atoms with Gasteiger partial charge < -0.3 is 5.32 Å². The summed E-state index contributed by atoms with van der Waals surface area (Å²) in [4.78, 5) is 33.3. The summed E-state index contributed by atoms with van der Waals surface area (Å²) in [6.45, 7) is 1.38. The van der Waals surface area contributed by atoms with Crippen molar-refractivity contribution in [2.45, 2.75) is 19.6 Å². The number of amides is 1. The number of hydrogen-bond donors (Lipinski definition) is 1. The van der Waals surface area contributed by atoms with Crippen LogP contribution in [0.15, 0.2) is 60.2 Å². The minimum Gasteiger partial charge on any atom is -0.323 e. The number of aromatic nitrogens is 5. The van der Waals surface area contributed by atoms with Gasteiger partial charge in [-0.05, 0) is 36.8 Å². The van der Waals surface area contributed by atoms with Gasteiger partial charge in [-0.1, -0.05) is 12.1 Å². The van der Waals surface area contributed by atoms with Gasteiger partial charge >= 0.3 is 6.18 Å². The number of fused-ring (bicyclic) bond motifs is 1. The van der Waals surface area contributed by atoms with Crippen LogP contribution in [0.2, 0.25) is 0 Å². The Hall–Kier alpha value is -4.02. The van der Waals surface area contributed by atoms with Gasteiger partial charge in [-0.15, -0.1) is 0 Å². The summed E-state index contributed by atoms with van der Waals surface area (Å²) in [6.07, 6.45) is -0.858. The third kappa shape index (κ3) is 4.02. The number of carbonyl (C=O) groups is 1. The molecular formula is C20H15F3N6O2. The van der Waals surface area contributed by atoms with E-state index >= 15 is 0 Å². The van der Waals surface area contributed by atoms with E-state index in [4.69, 9.17) is 0 Å². The predicted molar refractivity (Wildman–Crippen MR) is 106 cm³/mol. The Morgan fingerprint density at radius 3 is 2.68 bits per heavy atom. The second-order valence-electron chi connectivity index (χ2n) is 6.77. The van der Waals surface area contributed by atoms with Gasteiger partial charge in [-0.3, -0.25) is 14.2 Å². The molecule has 0 aliphatic heterocycles. The van der Waals surface area contributed by atoms with E-state index in [1.54, 1.807) is 12.1 Å². The van der Waals surface area contributed by atoms with Crippen LogP contribution in [0.4, 0.5) is 18.9 Å². The van der Waals surface area contributed by atoms with Crippen molar-refractivity contribution in [2.24, 2.45) is 0 Å². The van der Waals surface area contributed by atoms with Crippen molar-refractivity contribution in [3.8, 4) is 5.69 Å². The standard InChI is InChI=1S/C20H15F3N6O2/c1-12-3-2-4-14-18(12)25-11-28(19(14)31)8-17(30)27-15-7-13(20(21,22)23)5-6-16(15)29-10-24-9-26-29/h2-7,9-11H,8H2,1H3,(H,27,30). The van der Waals surface area contributed by atoms with Gasteiger partial charge in [0.15, 0.2) is 0 Å². The largest absolute Gasteiger partial charge is 0.416 e. The van der Waals surface area contributed by atoms with Crippen LogP contribution in [-0.2, 0) is 17.5 Å². The van der Waals surface area contributed by atoms with Gasteiger partial charge in [0, 0.05) is 0 Å². The molecule has 2 aromatic carbocycles. The fraction of sp³-hybridized carbons (Fsp3) is 0.150. The first kappa shape index (κ1) is 20.3. The van der Waals surface area contributed by atoms with Gasteiger partial charge in [0.2, 0.25) is 5.91 Å². The van der Waals surface area contributed by atoms with Crippen molar-refractivity contribution < 1.29 is 18.0 Å². The summed E-state index contributed by atoms with van der Waals surface area (Å²) < 4.78 is 41.8. The van der Waals surface area contributed by atoms with Crippen LogP contribution >= 0.6 is 0 Å². The van der Waals surface area contributed by atoms with Gasteiger partial charge in [0.25, 0.3) is 5.56 Å². The highest BCUT2D eigenvalue weighted by atomic mass is 19.4. The van der Waals surface area contributed by atoms with E-state index < -0.39 is 29.8 Å². The molecule has 0 radical (unpaired) electrons. The molecule has 2 heterocycles. The first-order valence-electron chi connectivity index (χ1n) is 9.05. The lowest BCUT2D eigenvalue weighted by Crippen LogP contribution is -2.28. The zero-order valence-electron chi connectivity index (χ0n) is 16.1. The number of nitrogens with one attached hydrogen (secondary N) is 1. The summed E-state index contributed by atoms with van der Waals surface area (Å²) in [5.41, 5.74) is 0.0423. The van der Waals surface area contributed by atoms with Crippen molar-refractivity contribution >= 4 is 22.5 Å². The summed E-state index contributed by atoms with van der Waals surface area (Å²) in [5.74, 6) is -0.698. The van der Waals surface area contributed by atoms with E-state index in [0.717, 1.165) is 22.3 Å². The lowest BCUT2D eigenvalue weighted by atomic mass is 10.1. The Kier molecular flexibility index (Phi) is 5.01. The highest BCUT2D eigenvalue weighted by Crippen LogP contribution is 2.33. The first-order chi connectivity index (χ1) is 14.7. The number of rotatable bonds is 4. The van der Waals surface area contributed by atoms with Crippen molar-refractivity contribution in [1.82, 2.24) is 24.3 Å². The molecule has 0 saturated heterocycles. The fourth-order valence-corrected chi connectivity index (χ4v) is 3.14. The number of aryl methyl sites for hydroxylation is 1. The van der Waals surface area contributed by atoms with Crippen LogP contribution in [0.5, 0.6) is 0 Å². The Morgan fingerprint density at radius 1 is 1.16 bits per heavy atom. The van der Waals surface area contributed by atoms with Crippen LogP contribution in [0.1, 0.15) is 11.1 Å². The quantitative estimate of drug-likeness (QED) is 0.539. The van der Waals surface area contributed by atoms with Gasteiger partial charge in [-0.25, -0.2) is 14.6 Å². The molecule has 0 unspecified atom stereocenters. The second kappa shape index (κ2) is 7.67. The van der Waals surface area contributed by atoms with E-state index in [-0.39, 0.29) is 11.4 Å². The molecule has 4 aromatic rings. The highest BCUT2D eigenvalue weighted by Gasteiger charge is 2.31. The molecule has 4 rings (SSSR count). The number of para-hydroxylation sites is 1. The monoisotopic (exact) mass is 428 g/mol. The lowest BCUT2D eigenvalue weighted by Gasteiger charge is -2.15. The Labute approximate surface area is 173 Å². The molecule has 0 aliphatic carbocycles. The number of alkyl halides is 3. The summed E-state index contributed by atoms with van der Waals surface area (Å²) in [6, 6.07) is 7.98. The van der Waals surface area contributed by atoms with Crippen molar-refractivity contribution in [3.05, 3.63) is 76.9 Å². The van der Waals surface area contributed by atoms with E-state index in [9.17, 15) is 22.8 Å². The summed E-state index contributed by atoms with van der Waals surface area (Å²) in [5, 5.41) is 6.67. The maximum Gasteiger partial charge on any atom is 0.416 e. The van der Waals surface area contributed by atoms with Crippen LogP contribution in [0.25, 0.3) is 16.6 Å². The molecule has 8 nitrogen and oxygen atoms in total. The molecule has 1 amide bonds. The number of carbonyl (C=O) groups excluding carboxylic acids is 1. The van der Waals surface area contributed by atoms with Gasteiger partial charge in [0.05, 0.1) is 34.2 Å². The van der Waals surface area contributed by atoms with E-state index in [1.807, 2.05) is 13.0 Å². The number of halogens is 3. The average molecular weight is 428 g/mol. The zero-order valence-corrected chi connectivity index (χ0v) is 16.1. The maximum absolute atomic E-state index is 13.2. The topological polar surface area (TPSA) is 94.7 Å². The smallest absolute Gasteiger partial charge is 0.323 e. The molecule has 0 fully saturated rings. The van der Waals surface area contributed by atoms with Crippen molar-refractivity contribution in [1.29, 1.82) is 0 Å². The Bertz CT molecular complexity index is 1330. The summed E-state index contributed by atoms with van der Waals surface area (Å²) in [7, 11) is 0. The minimum atomic E-state index is -4.60.